The molecule has 342 valence electrons. The molecule has 0 saturated heterocycles. The fourth-order valence-corrected chi connectivity index (χ4v) is 22.1. The summed E-state index contributed by atoms with van der Waals surface area (Å²) in [4.78, 5) is 0. The van der Waals surface area contributed by atoms with Crippen molar-refractivity contribution in [3.05, 3.63) is 44.6 Å². The minimum Gasteiger partial charge on any atom is -0.127 e. The van der Waals surface area contributed by atoms with E-state index in [1.165, 1.54) is 96.0 Å². The van der Waals surface area contributed by atoms with E-state index in [1.807, 2.05) is 0 Å². The van der Waals surface area contributed by atoms with Crippen molar-refractivity contribution in [3.8, 4) is 58.5 Å². The molecule has 0 aromatic rings. The Morgan fingerprint density at radius 1 is 0.359 bits per heavy atom. The Hall–Kier alpha value is -2.81. The van der Waals surface area contributed by atoms with Crippen LogP contribution in [0.25, 0.3) is 0 Å². The summed E-state index contributed by atoms with van der Waals surface area (Å²) in [5.41, 5.74) is 21.2. The van der Waals surface area contributed by atoms with Gasteiger partial charge in [-0.25, -0.2) is 0 Å². The highest BCUT2D eigenvalue weighted by Crippen LogP contribution is 2.71. The Morgan fingerprint density at radius 3 is 0.859 bits per heavy atom. The molecule has 2 heteroatoms. The molecule has 8 bridgehead atoms. The second kappa shape index (κ2) is 14.6. The molecule has 8 rings (SSSR count). The van der Waals surface area contributed by atoms with Crippen LogP contribution in [0, 0.1) is 125 Å². The first-order chi connectivity index (χ1) is 29.3. The summed E-state index contributed by atoms with van der Waals surface area (Å²) in [5, 5.41) is 0. The van der Waals surface area contributed by atoms with Gasteiger partial charge in [0.05, 0.1) is 0 Å². The molecule has 0 unspecified atom stereocenters. The van der Waals surface area contributed by atoms with Crippen molar-refractivity contribution in [2.45, 2.75) is 212 Å². The molecule has 4 fully saturated rings. The van der Waals surface area contributed by atoms with Gasteiger partial charge in [-0.1, -0.05) is 192 Å². The third-order valence-corrected chi connectivity index (χ3v) is 29.6. The van der Waals surface area contributed by atoms with Crippen LogP contribution in [-0.2, 0) is 0 Å². The van der Waals surface area contributed by atoms with Crippen molar-refractivity contribution in [3.63, 3.8) is 0 Å². The van der Waals surface area contributed by atoms with Crippen LogP contribution in [0.3, 0.4) is 0 Å². The summed E-state index contributed by atoms with van der Waals surface area (Å²) < 4.78 is 0. The SMILES string of the molecule is CC(C)[Si](C#CC1=C(C#CC2=C(C#CC3=C(C#CC4=C(C#C[Si](C)(C)C)[C@]5(C)CC[C@H]4C5(C)C)[C@]4(C)CC[C@H]3C4(C)C)[C@]3(C)CC[C@H]2C3(C)C)[C@]2(C)CC[C@H]1C2(C)C)(C(C)C)C(C)C. The average molecular weight is 888 g/mol. The molecule has 8 atom stereocenters. The Morgan fingerprint density at radius 2 is 0.609 bits per heavy atom. The summed E-state index contributed by atoms with van der Waals surface area (Å²) in [6.45, 7) is 51.8. The van der Waals surface area contributed by atoms with E-state index in [0.717, 1.165) is 0 Å². The Balaban J connectivity index is 1.30. The lowest BCUT2D eigenvalue weighted by Gasteiger charge is -2.38. The van der Waals surface area contributed by atoms with E-state index in [2.05, 4.69) is 203 Å². The second-order valence-electron chi connectivity index (χ2n) is 27.6. The van der Waals surface area contributed by atoms with Gasteiger partial charge in [0.1, 0.15) is 16.1 Å². The normalized spacial score (nSPS) is 36.6. The number of rotatable bonds is 3. The summed E-state index contributed by atoms with van der Waals surface area (Å²) in [5.74, 6) is 33.9. The quantitative estimate of drug-likeness (QED) is 0.196. The predicted octanol–water partition coefficient (Wildman–Crippen LogP) is 16.1. The van der Waals surface area contributed by atoms with Crippen molar-refractivity contribution in [1.82, 2.24) is 0 Å². The molecule has 8 aliphatic rings. The van der Waals surface area contributed by atoms with Crippen LogP contribution in [-0.4, -0.2) is 16.1 Å². The number of hydrogen-bond acceptors (Lipinski definition) is 0. The maximum Gasteiger partial charge on any atom is 0.146 e. The van der Waals surface area contributed by atoms with Crippen LogP contribution in [0.1, 0.15) is 176 Å². The highest BCUT2D eigenvalue weighted by molar-refractivity contribution is 6.90. The Kier molecular flexibility index (Phi) is 10.9. The first kappa shape index (κ1) is 47.7. The van der Waals surface area contributed by atoms with Crippen molar-refractivity contribution >= 4 is 16.1 Å². The van der Waals surface area contributed by atoms with Crippen molar-refractivity contribution in [2.24, 2.45) is 67.0 Å². The average Bonchev–Trinajstić information content (AvgIpc) is 3.89. The molecular formula is C62H86Si2. The summed E-state index contributed by atoms with van der Waals surface area (Å²) in [7, 11) is -3.47. The molecule has 0 N–H and O–H groups in total. The van der Waals surface area contributed by atoms with E-state index >= 15 is 0 Å². The molecule has 4 saturated carbocycles. The summed E-state index contributed by atoms with van der Waals surface area (Å²) >= 11 is 0. The first-order valence-electron chi connectivity index (χ1n) is 25.9. The Labute approximate surface area is 396 Å². The van der Waals surface area contributed by atoms with Gasteiger partial charge >= 0.3 is 0 Å². The van der Waals surface area contributed by atoms with Gasteiger partial charge in [0.25, 0.3) is 0 Å². The number of fused-ring (bicyclic) bond motifs is 8. The molecule has 0 radical (unpaired) electrons. The third kappa shape index (κ3) is 6.04. The zero-order valence-corrected chi connectivity index (χ0v) is 46.7. The number of allylic oxidation sites excluding steroid dienone is 8. The lowest BCUT2D eigenvalue weighted by Crippen LogP contribution is -2.43. The van der Waals surface area contributed by atoms with Crippen LogP contribution in [0.15, 0.2) is 44.6 Å². The molecule has 64 heavy (non-hydrogen) atoms. The topological polar surface area (TPSA) is 0 Å². The van der Waals surface area contributed by atoms with Crippen LogP contribution in [0.2, 0.25) is 36.3 Å². The van der Waals surface area contributed by atoms with E-state index in [0.29, 0.717) is 40.3 Å². The largest absolute Gasteiger partial charge is 0.146 e. The van der Waals surface area contributed by atoms with Crippen molar-refractivity contribution in [1.29, 1.82) is 0 Å². The van der Waals surface area contributed by atoms with Gasteiger partial charge in [0, 0.05) is 66.2 Å². The molecule has 0 amide bonds. The molecule has 0 aromatic carbocycles. The highest BCUT2D eigenvalue weighted by atomic mass is 28.3. The monoisotopic (exact) mass is 887 g/mol. The first-order valence-corrected chi connectivity index (χ1v) is 31.7. The van der Waals surface area contributed by atoms with E-state index in [9.17, 15) is 0 Å². The fraction of sp³-hybridized carbons (Fsp3) is 0.710. The van der Waals surface area contributed by atoms with Gasteiger partial charge in [-0.3, -0.25) is 0 Å². The molecule has 0 heterocycles. The molecule has 0 spiro atoms. The standard InChI is InChI=1S/C62H86Si2/c1-40(2)64(41(3)4,42(5)6)39-32-46-50-31-36-61(17,58(50,13)14)53(46)27-23-44-48-29-34-59(15,56(48,9)10)51(44)25-22-43-47-28-35-60(16,55(47,7)8)52(43)26-24-45-49-30-37-62(18,57(49,11)12)54(45)33-38-63(19,20)21/h40-42,47-50H,28-31,34-37H2,1-21H3/t47-,48-,49-,50-,59+,60+,61+,62+/m1/s1. The predicted molar refractivity (Wildman–Crippen MR) is 280 cm³/mol. The van der Waals surface area contributed by atoms with Gasteiger partial charge in [-0.15, -0.1) is 11.1 Å². The van der Waals surface area contributed by atoms with Gasteiger partial charge in [-0.05, 0) is 113 Å². The van der Waals surface area contributed by atoms with E-state index in [4.69, 9.17) is 0 Å². The molecule has 0 aromatic heterocycles. The summed E-state index contributed by atoms with van der Waals surface area (Å²) in [6.07, 6.45) is 9.62. The van der Waals surface area contributed by atoms with Crippen molar-refractivity contribution < 1.29 is 0 Å². The van der Waals surface area contributed by atoms with Crippen LogP contribution in [0.5, 0.6) is 0 Å². The van der Waals surface area contributed by atoms with Crippen LogP contribution in [0.4, 0.5) is 0 Å². The third-order valence-electron chi connectivity index (χ3n) is 22.4. The zero-order valence-electron chi connectivity index (χ0n) is 44.7. The second-order valence-corrected chi connectivity index (χ2v) is 38.0. The maximum absolute atomic E-state index is 4.17. The minimum absolute atomic E-state index is 0.00282. The number of hydrogen-bond donors (Lipinski definition) is 0. The van der Waals surface area contributed by atoms with E-state index in [-0.39, 0.29) is 43.3 Å². The molecule has 0 nitrogen and oxygen atoms in total. The van der Waals surface area contributed by atoms with Crippen LogP contribution < -0.4 is 0 Å². The molecule has 0 aliphatic heterocycles. The van der Waals surface area contributed by atoms with Gasteiger partial charge in [0.15, 0.2) is 0 Å². The van der Waals surface area contributed by atoms with Crippen LogP contribution >= 0.6 is 0 Å². The lowest BCUT2D eigenvalue weighted by atomic mass is 9.67. The fourth-order valence-electron chi connectivity index (χ4n) is 16.4. The smallest absolute Gasteiger partial charge is 0.127 e. The minimum atomic E-state index is -1.91. The van der Waals surface area contributed by atoms with Gasteiger partial charge in [0.2, 0.25) is 0 Å². The maximum atomic E-state index is 4.17. The van der Waals surface area contributed by atoms with Crippen molar-refractivity contribution in [2.75, 3.05) is 0 Å². The van der Waals surface area contributed by atoms with E-state index < -0.39 is 16.1 Å². The van der Waals surface area contributed by atoms with E-state index in [1.54, 1.807) is 0 Å². The highest BCUT2D eigenvalue weighted by Gasteiger charge is 2.64. The zero-order chi connectivity index (χ0) is 47.4. The van der Waals surface area contributed by atoms with Gasteiger partial charge < -0.3 is 0 Å². The lowest BCUT2D eigenvalue weighted by molar-refractivity contribution is 0.174. The molecular weight excluding hydrogens is 801 g/mol. The molecule has 8 aliphatic carbocycles. The van der Waals surface area contributed by atoms with Gasteiger partial charge in [-0.2, -0.15) is 0 Å². The Bertz CT molecular complexity index is 2520. The summed E-state index contributed by atoms with van der Waals surface area (Å²) in [6, 6.07) is 0.